The van der Waals surface area contributed by atoms with Gasteiger partial charge < -0.3 is 22.1 Å². The molecule has 4 rings (SSSR count). The van der Waals surface area contributed by atoms with Crippen LogP contribution in [-0.2, 0) is 11.2 Å². The maximum atomic E-state index is 13.7. The Labute approximate surface area is 215 Å². The van der Waals surface area contributed by atoms with Crippen molar-refractivity contribution in [3.63, 3.8) is 0 Å². The molecule has 1 heterocycles. The number of halogens is 1. The van der Waals surface area contributed by atoms with Crippen LogP contribution in [-0.4, -0.2) is 29.4 Å². The van der Waals surface area contributed by atoms with Crippen molar-refractivity contribution >= 4 is 46.1 Å². The normalized spacial score (nSPS) is 11.0. The zero-order chi connectivity index (χ0) is 23.3. The van der Waals surface area contributed by atoms with Crippen LogP contribution in [0.5, 0.6) is 0 Å². The molecule has 0 saturated carbocycles. The monoisotopic (exact) mass is 552 g/mol. The fourth-order valence-corrected chi connectivity index (χ4v) is 9.41. The summed E-state index contributed by atoms with van der Waals surface area (Å²) in [5, 5.41) is 14.7. The molecule has 0 amide bonds. The molecule has 3 aromatic carbocycles. The van der Waals surface area contributed by atoms with Gasteiger partial charge in [0.2, 0.25) is 0 Å². The Morgan fingerprint density at radius 1 is 0.794 bits per heavy atom. The largest absolute Gasteiger partial charge is 1.00 e. The first kappa shape index (κ1) is 26.2. The van der Waals surface area contributed by atoms with Gasteiger partial charge in [-0.25, -0.2) is 0 Å². The average molecular weight is 553 g/mol. The first-order valence-corrected chi connectivity index (χ1v) is 13.7. The summed E-state index contributed by atoms with van der Waals surface area (Å²) in [5.74, 6) is -0.237. The summed E-state index contributed by atoms with van der Waals surface area (Å²) in [6.45, 7) is 1.37. The van der Waals surface area contributed by atoms with E-state index in [1.54, 1.807) is 0 Å². The van der Waals surface area contributed by atoms with Crippen LogP contribution in [0.25, 0.3) is 0 Å². The minimum atomic E-state index is -2.27. The van der Waals surface area contributed by atoms with Crippen LogP contribution in [0.3, 0.4) is 0 Å². The highest BCUT2D eigenvalue weighted by atomic mass is 79.9. The molecular formula is C28H26BrO3PS. The maximum Gasteiger partial charge on any atom is 0.198 e. The second-order valence-electron chi connectivity index (χ2n) is 8.00. The van der Waals surface area contributed by atoms with Crippen molar-refractivity contribution in [2.24, 2.45) is 0 Å². The molecule has 0 aliphatic heterocycles. The van der Waals surface area contributed by atoms with Gasteiger partial charge >= 0.3 is 0 Å². The van der Waals surface area contributed by atoms with Gasteiger partial charge in [-0.05, 0) is 59.8 Å². The molecule has 1 N–H and O–H groups in total. The van der Waals surface area contributed by atoms with Crippen LogP contribution in [0.2, 0.25) is 0 Å². The van der Waals surface area contributed by atoms with Crippen molar-refractivity contribution in [2.45, 2.75) is 13.3 Å². The van der Waals surface area contributed by atoms with Gasteiger partial charge in [0.25, 0.3) is 0 Å². The predicted octanol–water partition coefficient (Wildman–Crippen LogP) is 1.34. The number of hydrogen-bond donors (Lipinski definition) is 1. The van der Waals surface area contributed by atoms with Gasteiger partial charge in [-0.2, -0.15) is 0 Å². The van der Waals surface area contributed by atoms with Crippen molar-refractivity contribution in [2.75, 3.05) is 12.8 Å². The number of aryl methyl sites for hydroxylation is 1. The van der Waals surface area contributed by atoms with Gasteiger partial charge in [0, 0.05) is 6.42 Å². The number of aliphatic hydroxyl groups is 1. The number of thiophene rings is 1. The highest BCUT2D eigenvalue weighted by molar-refractivity contribution is 7.96. The van der Waals surface area contributed by atoms with Gasteiger partial charge in [-0.1, -0.05) is 54.6 Å². The standard InChI is InChI=1S/C28H26O3PS.BrH/c1-21-20-33-28(27(31)18-29)26(21)17-22(30)19-32(23-11-5-2-6-12-23,24-13-7-3-8-14-24)25-15-9-4-10-16-25;/h2-16,20,29H,17-19H2,1H3;1H/q+1;/p-1. The van der Waals surface area contributed by atoms with E-state index in [9.17, 15) is 14.7 Å². The lowest BCUT2D eigenvalue weighted by Crippen LogP contribution is -3.00. The van der Waals surface area contributed by atoms with Gasteiger partial charge in [-0.15, -0.1) is 11.3 Å². The molecule has 0 bridgehead atoms. The van der Waals surface area contributed by atoms with E-state index in [0.717, 1.165) is 27.0 Å². The van der Waals surface area contributed by atoms with Crippen LogP contribution < -0.4 is 32.9 Å². The zero-order valence-electron chi connectivity index (χ0n) is 18.9. The average Bonchev–Trinajstić information content (AvgIpc) is 3.23. The first-order chi connectivity index (χ1) is 16.1. The summed E-state index contributed by atoms with van der Waals surface area (Å²) < 4.78 is 0. The molecule has 0 aliphatic rings. The molecule has 0 aliphatic carbocycles. The van der Waals surface area contributed by atoms with Crippen LogP contribution in [0.4, 0.5) is 0 Å². The molecule has 174 valence electrons. The minimum Gasteiger partial charge on any atom is -1.00 e. The molecule has 6 heteroatoms. The van der Waals surface area contributed by atoms with Crippen molar-refractivity contribution in [1.29, 1.82) is 0 Å². The lowest BCUT2D eigenvalue weighted by molar-refractivity contribution is -0.116. The molecule has 0 radical (unpaired) electrons. The second-order valence-corrected chi connectivity index (χ2v) is 12.4. The number of rotatable bonds is 9. The summed E-state index contributed by atoms with van der Waals surface area (Å²) in [7, 11) is -2.27. The van der Waals surface area contributed by atoms with E-state index in [-0.39, 0.29) is 35.0 Å². The SMILES string of the molecule is Cc1csc(C(=O)CO)c1CC(=O)C[P+](c1ccccc1)(c1ccccc1)c1ccccc1.[Br-]. The Bertz CT molecular complexity index is 1140. The number of Topliss-reactive ketones (excluding diaryl/α,β-unsaturated/α-hetero) is 2. The van der Waals surface area contributed by atoms with Crippen LogP contribution in [0.15, 0.2) is 96.4 Å². The Morgan fingerprint density at radius 3 is 1.65 bits per heavy atom. The van der Waals surface area contributed by atoms with Crippen LogP contribution in [0.1, 0.15) is 20.8 Å². The molecule has 34 heavy (non-hydrogen) atoms. The van der Waals surface area contributed by atoms with Crippen molar-refractivity contribution in [3.05, 3.63) is 112 Å². The number of carbonyl (C=O) groups excluding carboxylic acids is 2. The van der Waals surface area contributed by atoms with Gasteiger partial charge in [0.05, 0.1) is 4.88 Å². The number of aliphatic hydroxyl groups excluding tert-OH is 1. The number of ketones is 2. The fourth-order valence-electron chi connectivity index (χ4n) is 4.28. The summed E-state index contributed by atoms with van der Waals surface area (Å²) in [5.41, 5.74) is 1.67. The molecule has 3 nitrogen and oxygen atoms in total. The van der Waals surface area contributed by atoms with E-state index in [2.05, 4.69) is 36.4 Å². The molecule has 0 unspecified atom stereocenters. The van der Waals surface area contributed by atoms with Crippen molar-refractivity contribution in [1.82, 2.24) is 0 Å². The molecule has 4 aromatic rings. The molecule has 0 fully saturated rings. The maximum absolute atomic E-state index is 13.7. The van der Waals surface area contributed by atoms with Gasteiger partial charge in [0.15, 0.2) is 11.6 Å². The smallest absolute Gasteiger partial charge is 0.198 e. The van der Waals surface area contributed by atoms with Crippen LogP contribution >= 0.6 is 18.6 Å². The van der Waals surface area contributed by atoms with Crippen molar-refractivity contribution in [3.8, 4) is 0 Å². The van der Waals surface area contributed by atoms with E-state index >= 15 is 0 Å². The first-order valence-electron chi connectivity index (χ1n) is 10.8. The molecule has 0 spiro atoms. The highest BCUT2D eigenvalue weighted by Crippen LogP contribution is 2.55. The number of hydrogen-bond acceptors (Lipinski definition) is 4. The molecule has 1 aromatic heterocycles. The summed E-state index contributed by atoms with van der Waals surface area (Å²) in [4.78, 5) is 26.4. The minimum absolute atomic E-state index is 0. The third-order valence-electron chi connectivity index (χ3n) is 5.88. The van der Waals surface area contributed by atoms with Crippen LogP contribution in [0, 0.1) is 6.92 Å². The molecular weight excluding hydrogens is 527 g/mol. The summed E-state index contributed by atoms with van der Waals surface area (Å²) >= 11 is 1.31. The van der Waals surface area contributed by atoms with E-state index in [0.29, 0.717) is 11.0 Å². The third kappa shape index (κ3) is 5.29. The predicted molar refractivity (Wildman–Crippen MR) is 139 cm³/mol. The quantitative estimate of drug-likeness (QED) is 0.252. The Morgan fingerprint density at radius 2 is 1.24 bits per heavy atom. The van der Waals surface area contributed by atoms with E-state index in [1.807, 2.05) is 66.9 Å². The van der Waals surface area contributed by atoms with Gasteiger partial charge in [-0.3, -0.25) is 9.59 Å². The fraction of sp³-hybridized carbons (Fsp3) is 0.143. The number of benzene rings is 3. The number of carbonyl (C=O) groups is 2. The van der Waals surface area contributed by atoms with E-state index in [4.69, 9.17) is 0 Å². The Kier molecular flexibility index (Phi) is 9.10. The van der Waals surface area contributed by atoms with E-state index < -0.39 is 13.9 Å². The zero-order valence-corrected chi connectivity index (χ0v) is 22.2. The van der Waals surface area contributed by atoms with E-state index in [1.165, 1.54) is 11.3 Å². The summed E-state index contributed by atoms with van der Waals surface area (Å²) in [6, 6.07) is 30.9. The summed E-state index contributed by atoms with van der Waals surface area (Å²) in [6.07, 6.45) is 0.553. The van der Waals surface area contributed by atoms with Crippen molar-refractivity contribution < 1.29 is 31.7 Å². The topological polar surface area (TPSA) is 54.4 Å². The molecule has 0 atom stereocenters. The molecule has 0 saturated heterocycles. The lowest BCUT2D eigenvalue weighted by atomic mass is 10.0. The Balaban J connectivity index is 0.00000324. The second kappa shape index (κ2) is 11.8. The Hall–Kier alpha value is -2.43. The lowest BCUT2D eigenvalue weighted by Gasteiger charge is -2.27. The third-order valence-corrected chi connectivity index (χ3v) is 11.4. The highest BCUT2D eigenvalue weighted by Gasteiger charge is 2.47. The van der Waals surface area contributed by atoms with Gasteiger partial charge in [0.1, 0.15) is 35.9 Å².